The monoisotopic (exact) mass is 1130 g/mol. The summed E-state index contributed by atoms with van der Waals surface area (Å²) in [6.45, 7) is 9.22. The molecule has 0 amide bonds. The standard InChI is InChI=1S/C57H110O17P2/c1-7-9-11-13-15-17-19-27-33-39-54(59)67-45-52(73-56(61)41-35-29-20-18-16-14-12-10-8-2)47-71-75(63,64)69-43-51(58)44-70-76(65,66)72-48-53(74-57(62)42-36-30-24-22-26-32-38-50(5)6)46-68-55(60)40-34-28-23-21-25-31-37-49(3)4/h49-53,58H,7-48H2,1-6H3,(H,63,64)(H,65,66)/t51-,52+,53+/m0/s1. The van der Waals surface area contributed by atoms with E-state index in [0.29, 0.717) is 37.5 Å². The number of aliphatic hydroxyl groups excluding tert-OH is 1. The number of carbonyl (C=O) groups excluding carboxylic acids is 4. The van der Waals surface area contributed by atoms with Crippen molar-refractivity contribution in [1.82, 2.24) is 0 Å². The molecule has 0 radical (unpaired) electrons. The highest BCUT2D eigenvalue weighted by Crippen LogP contribution is 2.45. The highest BCUT2D eigenvalue weighted by molar-refractivity contribution is 7.47. The molecule has 3 N–H and O–H groups in total. The zero-order valence-electron chi connectivity index (χ0n) is 48.5. The summed E-state index contributed by atoms with van der Waals surface area (Å²) in [6, 6.07) is 0. The molecule has 0 aliphatic rings. The van der Waals surface area contributed by atoms with Crippen molar-refractivity contribution in [2.24, 2.45) is 11.8 Å². The van der Waals surface area contributed by atoms with Crippen molar-refractivity contribution in [2.75, 3.05) is 39.6 Å². The van der Waals surface area contributed by atoms with Crippen LogP contribution in [0.2, 0.25) is 0 Å². The molecule has 2 unspecified atom stereocenters. The van der Waals surface area contributed by atoms with Gasteiger partial charge in [-0.05, 0) is 37.5 Å². The van der Waals surface area contributed by atoms with Gasteiger partial charge < -0.3 is 33.8 Å². The third-order valence-corrected chi connectivity index (χ3v) is 14.9. The van der Waals surface area contributed by atoms with Crippen molar-refractivity contribution in [2.45, 2.75) is 291 Å². The van der Waals surface area contributed by atoms with Gasteiger partial charge in [-0.15, -0.1) is 0 Å². The smallest absolute Gasteiger partial charge is 0.462 e. The Morgan fingerprint density at radius 3 is 0.895 bits per heavy atom. The van der Waals surface area contributed by atoms with Gasteiger partial charge in [0.15, 0.2) is 12.2 Å². The number of hydrogen-bond donors (Lipinski definition) is 3. The number of phosphoric acid groups is 2. The van der Waals surface area contributed by atoms with Crippen LogP contribution in [-0.4, -0.2) is 96.7 Å². The third kappa shape index (κ3) is 51.5. The lowest BCUT2D eigenvalue weighted by Gasteiger charge is -2.21. The van der Waals surface area contributed by atoms with Gasteiger partial charge in [0.25, 0.3) is 0 Å². The molecule has 0 aromatic rings. The Labute approximate surface area is 460 Å². The van der Waals surface area contributed by atoms with Gasteiger partial charge in [0.05, 0.1) is 26.4 Å². The molecule has 0 saturated heterocycles. The molecular weight excluding hydrogens is 1020 g/mol. The molecule has 17 nitrogen and oxygen atoms in total. The normalized spacial score (nSPS) is 14.5. The van der Waals surface area contributed by atoms with Gasteiger partial charge in [-0.3, -0.25) is 37.3 Å². The van der Waals surface area contributed by atoms with Crippen molar-refractivity contribution in [3.05, 3.63) is 0 Å². The molecule has 0 bridgehead atoms. The number of unbranched alkanes of at least 4 members (excludes halogenated alkanes) is 26. The molecule has 0 aromatic carbocycles. The minimum absolute atomic E-state index is 0.101. The number of phosphoric ester groups is 2. The zero-order valence-corrected chi connectivity index (χ0v) is 50.3. The van der Waals surface area contributed by atoms with E-state index >= 15 is 0 Å². The molecule has 0 aliphatic carbocycles. The van der Waals surface area contributed by atoms with Crippen LogP contribution in [0.3, 0.4) is 0 Å². The molecule has 0 aliphatic heterocycles. The average molecular weight is 1130 g/mol. The molecule has 76 heavy (non-hydrogen) atoms. The van der Waals surface area contributed by atoms with E-state index in [-0.39, 0.29) is 25.7 Å². The molecule has 0 heterocycles. The van der Waals surface area contributed by atoms with Crippen molar-refractivity contribution < 1.29 is 80.2 Å². The lowest BCUT2D eigenvalue weighted by Crippen LogP contribution is -2.30. The largest absolute Gasteiger partial charge is 0.472 e. The van der Waals surface area contributed by atoms with Crippen LogP contribution >= 0.6 is 15.6 Å². The van der Waals surface area contributed by atoms with E-state index in [2.05, 4.69) is 41.5 Å². The number of carbonyl (C=O) groups is 4. The molecular formula is C57H110O17P2. The van der Waals surface area contributed by atoms with Gasteiger partial charge in [0, 0.05) is 25.7 Å². The maximum Gasteiger partial charge on any atom is 0.472 e. The molecule has 0 rings (SSSR count). The summed E-state index contributed by atoms with van der Waals surface area (Å²) in [5.41, 5.74) is 0. The fourth-order valence-electron chi connectivity index (χ4n) is 8.29. The molecule has 5 atom stereocenters. The van der Waals surface area contributed by atoms with Crippen molar-refractivity contribution in [3.63, 3.8) is 0 Å². The Bertz CT molecular complexity index is 1510. The third-order valence-electron chi connectivity index (χ3n) is 13.0. The van der Waals surface area contributed by atoms with Crippen LogP contribution in [-0.2, 0) is 65.4 Å². The lowest BCUT2D eigenvalue weighted by atomic mass is 10.0. The summed E-state index contributed by atoms with van der Waals surface area (Å²) in [5, 5.41) is 10.5. The Balaban J connectivity index is 5.22. The van der Waals surface area contributed by atoms with E-state index in [4.69, 9.17) is 37.0 Å². The van der Waals surface area contributed by atoms with Crippen LogP contribution in [0.4, 0.5) is 0 Å². The Morgan fingerprint density at radius 2 is 0.605 bits per heavy atom. The average Bonchev–Trinajstić information content (AvgIpc) is 3.37. The van der Waals surface area contributed by atoms with E-state index in [1.807, 2.05) is 0 Å². The fraction of sp³-hybridized carbons (Fsp3) is 0.930. The first kappa shape index (κ1) is 74.1. The van der Waals surface area contributed by atoms with Gasteiger partial charge >= 0.3 is 39.5 Å². The summed E-state index contributed by atoms with van der Waals surface area (Å²) in [6.07, 6.45) is 29.7. The van der Waals surface area contributed by atoms with Gasteiger partial charge in [-0.25, -0.2) is 9.13 Å². The van der Waals surface area contributed by atoms with Crippen LogP contribution in [0, 0.1) is 11.8 Å². The Kier molecular flexibility index (Phi) is 48.8. The number of ether oxygens (including phenoxy) is 4. The minimum atomic E-state index is -4.93. The van der Waals surface area contributed by atoms with E-state index in [1.165, 1.54) is 83.5 Å². The highest BCUT2D eigenvalue weighted by Gasteiger charge is 2.30. The second kappa shape index (κ2) is 50.1. The number of hydrogen-bond acceptors (Lipinski definition) is 15. The van der Waals surface area contributed by atoms with Gasteiger partial charge in [-0.2, -0.15) is 0 Å². The summed E-state index contributed by atoms with van der Waals surface area (Å²) >= 11 is 0. The summed E-state index contributed by atoms with van der Waals surface area (Å²) in [7, 11) is -9.87. The summed E-state index contributed by atoms with van der Waals surface area (Å²) in [4.78, 5) is 71.7. The van der Waals surface area contributed by atoms with E-state index in [1.54, 1.807) is 0 Å². The molecule has 0 aromatic heterocycles. The number of aliphatic hydroxyl groups is 1. The van der Waals surface area contributed by atoms with E-state index < -0.39 is 97.5 Å². The lowest BCUT2D eigenvalue weighted by molar-refractivity contribution is -0.161. The van der Waals surface area contributed by atoms with Crippen molar-refractivity contribution >= 4 is 39.5 Å². The van der Waals surface area contributed by atoms with Gasteiger partial charge in [0.1, 0.15) is 19.3 Å². The SMILES string of the molecule is CCCCCCCCCCCC(=O)OC[C@H](COP(=O)(O)OC[C@H](O)COP(=O)(O)OC[C@@H](COC(=O)CCCCCCCCC(C)C)OC(=O)CCCCCCCCC(C)C)OC(=O)CCCCCCCCCCC. The second-order valence-electron chi connectivity index (χ2n) is 21.6. The Hall–Kier alpha value is -1.94. The Morgan fingerprint density at radius 1 is 0.355 bits per heavy atom. The first-order chi connectivity index (χ1) is 36.4. The molecule has 0 spiro atoms. The topological polar surface area (TPSA) is 237 Å². The van der Waals surface area contributed by atoms with Crippen LogP contribution in [0.25, 0.3) is 0 Å². The molecule has 19 heteroatoms. The maximum atomic E-state index is 12.9. The van der Waals surface area contributed by atoms with E-state index in [0.717, 1.165) is 96.3 Å². The quantitative estimate of drug-likeness (QED) is 0.0222. The van der Waals surface area contributed by atoms with Crippen LogP contribution in [0.15, 0.2) is 0 Å². The van der Waals surface area contributed by atoms with Crippen LogP contribution in [0.1, 0.15) is 273 Å². The number of rotatable bonds is 56. The summed E-state index contributed by atoms with van der Waals surface area (Å²) in [5.74, 6) is -0.803. The van der Waals surface area contributed by atoms with E-state index in [9.17, 15) is 43.2 Å². The van der Waals surface area contributed by atoms with Crippen molar-refractivity contribution in [3.8, 4) is 0 Å². The zero-order chi connectivity index (χ0) is 56.6. The predicted molar refractivity (Wildman–Crippen MR) is 298 cm³/mol. The van der Waals surface area contributed by atoms with Gasteiger partial charge in [-0.1, -0.05) is 221 Å². The first-order valence-electron chi connectivity index (χ1n) is 30.0. The molecule has 0 fully saturated rings. The first-order valence-corrected chi connectivity index (χ1v) is 33.0. The van der Waals surface area contributed by atoms with Crippen molar-refractivity contribution in [1.29, 1.82) is 0 Å². The summed E-state index contributed by atoms with van der Waals surface area (Å²) < 4.78 is 67.5. The maximum absolute atomic E-state index is 12.9. The minimum Gasteiger partial charge on any atom is -0.462 e. The predicted octanol–water partition coefficient (Wildman–Crippen LogP) is 14.9. The highest BCUT2D eigenvalue weighted by atomic mass is 31.2. The van der Waals surface area contributed by atoms with Gasteiger partial charge in [0.2, 0.25) is 0 Å². The number of esters is 4. The molecule has 0 saturated carbocycles. The fourth-order valence-corrected chi connectivity index (χ4v) is 9.87. The second-order valence-corrected chi connectivity index (χ2v) is 24.5. The van der Waals surface area contributed by atoms with Crippen LogP contribution < -0.4 is 0 Å². The molecule has 450 valence electrons. The van der Waals surface area contributed by atoms with Crippen LogP contribution in [0.5, 0.6) is 0 Å².